The minimum absolute atomic E-state index is 0.0709. The lowest BCUT2D eigenvalue weighted by molar-refractivity contribution is -0.115. The number of carbonyl (C=O) groups excluding carboxylic acids is 1. The highest BCUT2D eigenvalue weighted by Gasteiger charge is 2.15. The predicted octanol–water partition coefficient (Wildman–Crippen LogP) is 1.20. The molecule has 0 aliphatic heterocycles. The Morgan fingerprint density at radius 2 is 1.83 bits per heavy atom. The van der Waals surface area contributed by atoms with Crippen molar-refractivity contribution in [3.05, 3.63) is 35.4 Å². The molecule has 64 valence electrons. The topological polar surface area (TPSA) is 37.3 Å². The van der Waals surface area contributed by atoms with Crippen molar-refractivity contribution in [2.24, 2.45) is 0 Å². The maximum atomic E-state index is 12.7. The summed E-state index contributed by atoms with van der Waals surface area (Å²) >= 11 is 0. The Kier molecular flexibility index (Phi) is 2.50. The van der Waals surface area contributed by atoms with Crippen LogP contribution in [0.4, 0.5) is 8.78 Å². The minimum Gasteiger partial charge on any atom is -0.381 e. The summed E-state index contributed by atoms with van der Waals surface area (Å²) in [4.78, 5) is 10.0. The lowest BCUT2D eigenvalue weighted by atomic mass is 10.1. The summed E-state index contributed by atoms with van der Waals surface area (Å²) in [6, 6.07) is 3.11. The van der Waals surface area contributed by atoms with E-state index in [0.29, 0.717) is 0 Å². The third-order valence-corrected chi connectivity index (χ3v) is 1.42. The Hall–Kier alpha value is -1.29. The van der Waals surface area contributed by atoms with E-state index in [1.807, 2.05) is 0 Å². The van der Waals surface area contributed by atoms with E-state index in [1.54, 1.807) is 0 Å². The van der Waals surface area contributed by atoms with Crippen LogP contribution in [0.15, 0.2) is 18.2 Å². The second-order valence-electron chi connectivity index (χ2n) is 2.22. The summed E-state index contributed by atoms with van der Waals surface area (Å²) in [6.45, 7) is 0. The third-order valence-electron chi connectivity index (χ3n) is 1.42. The zero-order valence-electron chi connectivity index (χ0n) is 6.00. The molecule has 0 bridgehead atoms. The molecule has 2 nitrogen and oxygen atoms in total. The number of carbonyl (C=O) groups is 1. The van der Waals surface area contributed by atoms with Gasteiger partial charge in [-0.3, -0.25) is 0 Å². The smallest absolute Gasteiger partial charge is 0.153 e. The number of hydrogen-bond donors (Lipinski definition) is 1. The first kappa shape index (κ1) is 8.80. The molecular formula is C8H6F2O2. The van der Waals surface area contributed by atoms with Crippen molar-refractivity contribution in [2.75, 3.05) is 0 Å². The third kappa shape index (κ3) is 1.48. The second-order valence-corrected chi connectivity index (χ2v) is 2.22. The van der Waals surface area contributed by atoms with E-state index in [9.17, 15) is 13.6 Å². The molecule has 12 heavy (non-hydrogen) atoms. The van der Waals surface area contributed by atoms with E-state index < -0.39 is 23.3 Å². The quantitative estimate of drug-likeness (QED) is 0.680. The molecule has 0 aliphatic rings. The van der Waals surface area contributed by atoms with Gasteiger partial charge in [0.2, 0.25) is 0 Å². The largest absolute Gasteiger partial charge is 0.381 e. The molecule has 0 heterocycles. The van der Waals surface area contributed by atoms with Gasteiger partial charge in [-0.15, -0.1) is 0 Å². The van der Waals surface area contributed by atoms with Gasteiger partial charge in [0.05, 0.1) is 5.56 Å². The van der Waals surface area contributed by atoms with Gasteiger partial charge in [-0.1, -0.05) is 6.07 Å². The van der Waals surface area contributed by atoms with Gasteiger partial charge in [0, 0.05) is 0 Å². The predicted molar refractivity (Wildman–Crippen MR) is 37.4 cm³/mol. The monoisotopic (exact) mass is 172 g/mol. The molecule has 0 fully saturated rings. The molecular weight excluding hydrogens is 166 g/mol. The first-order valence-corrected chi connectivity index (χ1v) is 3.24. The molecule has 4 heteroatoms. The lowest BCUT2D eigenvalue weighted by Gasteiger charge is -2.05. The SMILES string of the molecule is O=CC(O)c1c(F)cccc1F. The van der Waals surface area contributed by atoms with Gasteiger partial charge >= 0.3 is 0 Å². The van der Waals surface area contributed by atoms with Crippen molar-refractivity contribution in [1.82, 2.24) is 0 Å². The zero-order chi connectivity index (χ0) is 9.14. The summed E-state index contributed by atoms with van der Waals surface area (Å²) in [5.74, 6) is -1.84. The van der Waals surface area contributed by atoms with Crippen molar-refractivity contribution in [1.29, 1.82) is 0 Å². The van der Waals surface area contributed by atoms with Crippen molar-refractivity contribution in [3.8, 4) is 0 Å². The van der Waals surface area contributed by atoms with Crippen molar-refractivity contribution < 1.29 is 18.7 Å². The molecule has 1 aromatic carbocycles. The average Bonchev–Trinajstić information content (AvgIpc) is 2.03. The number of rotatable bonds is 2. The lowest BCUT2D eigenvalue weighted by Crippen LogP contribution is -2.04. The van der Waals surface area contributed by atoms with Gasteiger partial charge in [0.25, 0.3) is 0 Å². The molecule has 0 saturated carbocycles. The highest BCUT2D eigenvalue weighted by atomic mass is 19.1. The van der Waals surface area contributed by atoms with Crippen LogP contribution >= 0.6 is 0 Å². The number of benzene rings is 1. The fraction of sp³-hybridized carbons (Fsp3) is 0.125. The molecule has 1 N–H and O–H groups in total. The van der Waals surface area contributed by atoms with Gasteiger partial charge in [-0.25, -0.2) is 8.78 Å². The van der Waals surface area contributed by atoms with Crippen LogP contribution < -0.4 is 0 Å². The Balaban J connectivity index is 3.20. The van der Waals surface area contributed by atoms with Gasteiger partial charge in [0.15, 0.2) is 6.29 Å². The van der Waals surface area contributed by atoms with Crippen molar-refractivity contribution in [2.45, 2.75) is 6.10 Å². The second kappa shape index (κ2) is 3.40. The normalized spacial score (nSPS) is 12.6. The van der Waals surface area contributed by atoms with Crippen LogP contribution in [0.2, 0.25) is 0 Å². The summed E-state index contributed by atoms with van der Waals surface area (Å²) in [6.07, 6.45) is -1.66. The maximum Gasteiger partial charge on any atom is 0.153 e. The van der Waals surface area contributed by atoms with E-state index in [1.165, 1.54) is 0 Å². The fourth-order valence-electron chi connectivity index (χ4n) is 0.861. The van der Waals surface area contributed by atoms with Crippen LogP contribution in [0.3, 0.4) is 0 Å². The fourth-order valence-corrected chi connectivity index (χ4v) is 0.861. The molecule has 1 atom stereocenters. The van der Waals surface area contributed by atoms with Crippen molar-refractivity contribution >= 4 is 6.29 Å². The van der Waals surface area contributed by atoms with E-state index in [2.05, 4.69) is 0 Å². The Bertz CT molecular complexity index is 279. The molecule has 1 aromatic rings. The molecule has 0 spiro atoms. The summed E-state index contributed by atoms with van der Waals surface area (Å²) in [5.41, 5.74) is -0.604. The molecule has 0 radical (unpaired) electrons. The first-order valence-electron chi connectivity index (χ1n) is 3.24. The van der Waals surface area contributed by atoms with E-state index in [-0.39, 0.29) is 6.29 Å². The molecule has 0 aromatic heterocycles. The molecule has 0 amide bonds. The molecule has 0 saturated heterocycles. The standard InChI is InChI=1S/C8H6F2O2/c9-5-2-1-3-6(10)8(5)7(12)4-11/h1-4,7,12H. The molecule has 1 unspecified atom stereocenters. The van der Waals surface area contributed by atoms with E-state index >= 15 is 0 Å². The number of hydrogen-bond acceptors (Lipinski definition) is 2. The van der Waals surface area contributed by atoms with Crippen LogP contribution in [0.5, 0.6) is 0 Å². The van der Waals surface area contributed by atoms with Gasteiger partial charge < -0.3 is 9.90 Å². The van der Waals surface area contributed by atoms with Crippen LogP contribution in [0.25, 0.3) is 0 Å². The summed E-state index contributed by atoms with van der Waals surface area (Å²) in [5, 5.41) is 8.84. The Morgan fingerprint density at radius 1 is 1.33 bits per heavy atom. The summed E-state index contributed by atoms with van der Waals surface area (Å²) < 4.78 is 25.5. The number of aliphatic hydroxyl groups is 1. The van der Waals surface area contributed by atoms with Crippen LogP contribution in [-0.2, 0) is 4.79 Å². The highest BCUT2D eigenvalue weighted by Crippen LogP contribution is 2.18. The number of aliphatic hydroxyl groups excluding tert-OH is 1. The van der Waals surface area contributed by atoms with Crippen LogP contribution in [-0.4, -0.2) is 11.4 Å². The zero-order valence-corrected chi connectivity index (χ0v) is 6.00. The van der Waals surface area contributed by atoms with Crippen LogP contribution in [0.1, 0.15) is 11.7 Å². The van der Waals surface area contributed by atoms with E-state index in [0.717, 1.165) is 18.2 Å². The minimum atomic E-state index is -1.73. The summed E-state index contributed by atoms with van der Waals surface area (Å²) in [7, 11) is 0. The van der Waals surface area contributed by atoms with Gasteiger partial charge in [-0.2, -0.15) is 0 Å². The van der Waals surface area contributed by atoms with Gasteiger partial charge in [0.1, 0.15) is 17.7 Å². The first-order chi connectivity index (χ1) is 5.66. The van der Waals surface area contributed by atoms with E-state index in [4.69, 9.17) is 5.11 Å². The maximum absolute atomic E-state index is 12.7. The number of aldehydes is 1. The van der Waals surface area contributed by atoms with Crippen molar-refractivity contribution in [3.63, 3.8) is 0 Å². The molecule has 1 rings (SSSR count). The number of halogens is 2. The highest BCUT2D eigenvalue weighted by molar-refractivity contribution is 5.59. The Morgan fingerprint density at radius 3 is 2.25 bits per heavy atom. The van der Waals surface area contributed by atoms with Crippen LogP contribution in [0, 0.1) is 11.6 Å². The molecule has 0 aliphatic carbocycles. The Labute approximate surface area is 67.4 Å². The average molecular weight is 172 g/mol. The van der Waals surface area contributed by atoms with Gasteiger partial charge in [-0.05, 0) is 12.1 Å².